The lowest BCUT2D eigenvalue weighted by atomic mass is 9.96. The van der Waals surface area contributed by atoms with Gasteiger partial charge in [0.05, 0.1) is 10.8 Å². The molecule has 1 aliphatic heterocycles. The summed E-state index contributed by atoms with van der Waals surface area (Å²) < 4.78 is 0. The minimum Gasteiger partial charge on any atom is -0.337 e. The summed E-state index contributed by atoms with van der Waals surface area (Å²) in [4.78, 5) is 28.2. The zero-order chi connectivity index (χ0) is 19.1. The molecule has 0 spiro atoms. The monoisotopic (exact) mass is 390 g/mol. The van der Waals surface area contributed by atoms with Gasteiger partial charge in [0.1, 0.15) is 0 Å². The highest BCUT2D eigenvalue weighted by Gasteiger charge is 2.29. The number of aryl methyl sites for hydroxylation is 2. The van der Waals surface area contributed by atoms with E-state index in [4.69, 9.17) is 0 Å². The Bertz CT molecular complexity index is 1050. The van der Waals surface area contributed by atoms with Gasteiger partial charge in [0, 0.05) is 24.2 Å². The summed E-state index contributed by atoms with van der Waals surface area (Å²) in [6.07, 6.45) is 3.83. The van der Waals surface area contributed by atoms with E-state index in [1.165, 1.54) is 27.8 Å². The van der Waals surface area contributed by atoms with Crippen LogP contribution in [0.3, 0.4) is 0 Å². The number of nitrogens with one attached hydrogen (secondary N) is 1. The SMILES string of the molecule is O=C(Nc1ccc2c3c(cccc13)CC2)[C@H]1CCCN(C(=O)c2cccs2)C1. The first-order valence-electron chi connectivity index (χ1n) is 9.88. The average molecular weight is 391 g/mol. The number of anilines is 1. The Balaban J connectivity index is 1.35. The van der Waals surface area contributed by atoms with Gasteiger partial charge in [-0.25, -0.2) is 0 Å². The van der Waals surface area contributed by atoms with Gasteiger partial charge in [0.2, 0.25) is 5.91 Å². The number of benzene rings is 2. The van der Waals surface area contributed by atoms with Crippen LogP contribution in [0.15, 0.2) is 47.8 Å². The molecule has 5 heteroatoms. The smallest absolute Gasteiger partial charge is 0.263 e. The van der Waals surface area contributed by atoms with Crippen LogP contribution in [0.5, 0.6) is 0 Å². The van der Waals surface area contributed by atoms with E-state index in [1.807, 2.05) is 28.5 Å². The molecule has 5 rings (SSSR count). The van der Waals surface area contributed by atoms with Gasteiger partial charge in [-0.3, -0.25) is 9.59 Å². The highest BCUT2D eigenvalue weighted by molar-refractivity contribution is 7.12. The maximum Gasteiger partial charge on any atom is 0.263 e. The summed E-state index contributed by atoms with van der Waals surface area (Å²) in [5, 5.41) is 7.50. The van der Waals surface area contributed by atoms with E-state index in [0.717, 1.165) is 48.2 Å². The van der Waals surface area contributed by atoms with Gasteiger partial charge in [0.15, 0.2) is 0 Å². The summed E-state index contributed by atoms with van der Waals surface area (Å²) in [5.74, 6) is -0.110. The van der Waals surface area contributed by atoms with Gasteiger partial charge in [-0.15, -0.1) is 11.3 Å². The van der Waals surface area contributed by atoms with Crippen LogP contribution in [0.4, 0.5) is 5.69 Å². The van der Waals surface area contributed by atoms with Crippen LogP contribution in [0, 0.1) is 5.92 Å². The van der Waals surface area contributed by atoms with Gasteiger partial charge < -0.3 is 10.2 Å². The number of amides is 2. The number of piperidine rings is 1. The number of hydrogen-bond acceptors (Lipinski definition) is 3. The molecule has 2 amide bonds. The quantitative estimate of drug-likeness (QED) is 0.716. The van der Waals surface area contributed by atoms with E-state index in [2.05, 4.69) is 29.6 Å². The standard InChI is InChI=1S/C23H22N2O2S/c26-22(17-5-2-12-25(14-17)23(27)20-7-3-13-28-20)24-19-11-10-16-9-8-15-4-1-6-18(19)21(15)16/h1,3-4,6-7,10-11,13,17H,2,5,8-9,12,14H2,(H,24,26)/t17-/m0/s1. The Morgan fingerprint density at radius 3 is 2.71 bits per heavy atom. The molecule has 2 aromatic carbocycles. The minimum absolute atomic E-state index is 0.0161. The van der Waals surface area contributed by atoms with E-state index in [-0.39, 0.29) is 17.7 Å². The molecule has 1 N–H and O–H groups in total. The Hall–Kier alpha value is -2.66. The van der Waals surface area contributed by atoms with Gasteiger partial charge in [0.25, 0.3) is 5.91 Å². The average Bonchev–Trinajstić information content (AvgIpc) is 3.41. The lowest BCUT2D eigenvalue weighted by Gasteiger charge is -2.31. The first-order chi connectivity index (χ1) is 13.7. The van der Waals surface area contributed by atoms with Gasteiger partial charge in [-0.2, -0.15) is 0 Å². The molecule has 4 nitrogen and oxygen atoms in total. The van der Waals surface area contributed by atoms with Crippen LogP contribution in [0.2, 0.25) is 0 Å². The lowest BCUT2D eigenvalue weighted by molar-refractivity contribution is -0.121. The van der Waals surface area contributed by atoms with Crippen molar-refractivity contribution in [1.82, 2.24) is 4.90 Å². The molecule has 1 aromatic heterocycles. The van der Waals surface area contributed by atoms with Crippen LogP contribution in [-0.2, 0) is 17.6 Å². The second kappa shape index (κ2) is 7.06. The third-order valence-electron chi connectivity index (χ3n) is 5.95. The summed E-state index contributed by atoms with van der Waals surface area (Å²) in [6.45, 7) is 1.21. The van der Waals surface area contributed by atoms with Gasteiger partial charge in [-0.1, -0.05) is 30.3 Å². The number of thiophene rings is 1. The Morgan fingerprint density at radius 2 is 1.89 bits per heavy atom. The van der Waals surface area contributed by atoms with E-state index in [0.29, 0.717) is 6.54 Å². The van der Waals surface area contributed by atoms with Gasteiger partial charge >= 0.3 is 0 Å². The van der Waals surface area contributed by atoms with E-state index < -0.39 is 0 Å². The zero-order valence-electron chi connectivity index (χ0n) is 15.6. The molecular weight excluding hydrogens is 368 g/mol. The predicted molar refractivity (Wildman–Crippen MR) is 113 cm³/mol. The number of carbonyl (C=O) groups is 2. The molecular formula is C23H22N2O2S. The third-order valence-corrected chi connectivity index (χ3v) is 6.80. The van der Waals surface area contributed by atoms with Crippen LogP contribution in [0.25, 0.3) is 10.8 Å². The molecule has 0 saturated carbocycles. The normalized spacial score (nSPS) is 18.4. The van der Waals surface area contributed by atoms with Crippen molar-refractivity contribution in [2.75, 3.05) is 18.4 Å². The van der Waals surface area contributed by atoms with Crippen LogP contribution in [0.1, 0.15) is 33.6 Å². The van der Waals surface area contributed by atoms with Crippen LogP contribution in [-0.4, -0.2) is 29.8 Å². The Morgan fingerprint density at radius 1 is 1.04 bits per heavy atom. The van der Waals surface area contributed by atoms with Crippen molar-refractivity contribution in [1.29, 1.82) is 0 Å². The topological polar surface area (TPSA) is 49.4 Å². The molecule has 1 aliphatic carbocycles. The maximum absolute atomic E-state index is 13.0. The fourth-order valence-electron chi connectivity index (χ4n) is 4.52. The fourth-order valence-corrected chi connectivity index (χ4v) is 5.21. The number of hydrogen-bond donors (Lipinski definition) is 1. The largest absolute Gasteiger partial charge is 0.337 e. The molecule has 0 bridgehead atoms. The Labute approximate surface area is 168 Å². The van der Waals surface area contributed by atoms with Crippen molar-refractivity contribution in [2.45, 2.75) is 25.7 Å². The number of rotatable bonds is 3. The summed E-state index contributed by atoms with van der Waals surface area (Å²) in [7, 11) is 0. The second-order valence-corrected chi connectivity index (χ2v) is 8.62. The highest BCUT2D eigenvalue weighted by atomic mass is 32.1. The van der Waals surface area contributed by atoms with Crippen molar-refractivity contribution in [3.05, 3.63) is 63.8 Å². The number of likely N-dealkylation sites (tertiary alicyclic amines) is 1. The summed E-state index contributed by atoms with van der Waals surface area (Å²) in [6, 6.07) is 14.3. The molecule has 2 aliphatic rings. The first-order valence-corrected chi connectivity index (χ1v) is 10.8. The Kier molecular flexibility index (Phi) is 4.40. The molecule has 1 atom stereocenters. The molecule has 2 heterocycles. The van der Waals surface area contributed by atoms with E-state index >= 15 is 0 Å². The van der Waals surface area contributed by atoms with E-state index in [1.54, 1.807) is 0 Å². The first kappa shape index (κ1) is 17.4. The van der Waals surface area contributed by atoms with Crippen molar-refractivity contribution in [2.24, 2.45) is 5.92 Å². The number of nitrogens with zero attached hydrogens (tertiary/aromatic N) is 1. The van der Waals surface area contributed by atoms with Crippen molar-refractivity contribution in [3.63, 3.8) is 0 Å². The summed E-state index contributed by atoms with van der Waals surface area (Å²) >= 11 is 1.46. The zero-order valence-corrected chi connectivity index (χ0v) is 16.4. The highest BCUT2D eigenvalue weighted by Crippen LogP contribution is 2.35. The lowest BCUT2D eigenvalue weighted by Crippen LogP contribution is -2.43. The molecule has 1 fully saturated rings. The minimum atomic E-state index is -0.166. The van der Waals surface area contributed by atoms with Gasteiger partial charge in [-0.05, 0) is 59.7 Å². The fraction of sp³-hybridized carbons (Fsp3) is 0.304. The molecule has 0 unspecified atom stereocenters. The van der Waals surface area contributed by atoms with Crippen molar-refractivity contribution >= 4 is 39.6 Å². The molecule has 142 valence electrons. The number of carbonyl (C=O) groups excluding carboxylic acids is 2. The molecule has 1 saturated heterocycles. The molecule has 3 aromatic rings. The second-order valence-electron chi connectivity index (χ2n) is 7.67. The van der Waals surface area contributed by atoms with Crippen molar-refractivity contribution in [3.8, 4) is 0 Å². The van der Waals surface area contributed by atoms with Crippen LogP contribution >= 0.6 is 11.3 Å². The van der Waals surface area contributed by atoms with Crippen LogP contribution < -0.4 is 5.32 Å². The summed E-state index contributed by atoms with van der Waals surface area (Å²) in [5.41, 5.74) is 3.62. The van der Waals surface area contributed by atoms with Crippen molar-refractivity contribution < 1.29 is 9.59 Å². The molecule has 0 radical (unpaired) electrons. The third kappa shape index (κ3) is 3.00. The molecule has 28 heavy (non-hydrogen) atoms. The maximum atomic E-state index is 13.0. The predicted octanol–water partition coefficient (Wildman–Crippen LogP) is 4.49. The van der Waals surface area contributed by atoms with E-state index in [9.17, 15) is 9.59 Å².